The number of nitrogens with zero attached hydrogens (tertiary/aromatic N) is 3. The van der Waals surface area contributed by atoms with Crippen molar-refractivity contribution in [3.05, 3.63) is 35.6 Å². The third-order valence-electron chi connectivity index (χ3n) is 2.77. The number of hydrogen-bond donors (Lipinski definition) is 0. The average molecular weight is 310 g/mol. The summed E-state index contributed by atoms with van der Waals surface area (Å²) in [4.78, 5) is 12.0. The van der Waals surface area contributed by atoms with Gasteiger partial charge in [-0.3, -0.25) is 9.36 Å². The van der Waals surface area contributed by atoms with Crippen LogP contribution >= 0.6 is 23.4 Å². The minimum Gasteiger partial charge on any atom is -0.298 e. The molecule has 0 aliphatic carbocycles. The van der Waals surface area contributed by atoms with E-state index in [1.54, 1.807) is 6.33 Å². The van der Waals surface area contributed by atoms with Crippen LogP contribution < -0.4 is 0 Å². The van der Waals surface area contributed by atoms with E-state index in [1.165, 1.54) is 11.8 Å². The van der Waals surface area contributed by atoms with E-state index in [0.29, 0.717) is 15.9 Å². The highest BCUT2D eigenvalue weighted by atomic mass is 35.5. The maximum atomic E-state index is 12.0. The second-order valence-corrected chi connectivity index (χ2v) is 6.80. The molecule has 0 radical (unpaired) electrons. The van der Waals surface area contributed by atoms with Crippen molar-refractivity contribution in [3.8, 4) is 5.69 Å². The highest BCUT2D eigenvalue weighted by Crippen LogP contribution is 2.24. The third-order valence-corrected chi connectivity index (χ3v) is 3.95. The molecule has 4 nitrogen and oxygen atoms in total. The number of carbonyl (C=O) groups is 1. The number of rotatable bonds is 4. The number of aromatic nitrogens is 3. The van der Waals surface area contributed by atoms with Gasteiger partial charge in [-0.25, -0.2) is 0 Å². The predicted octanol–water partition coefficient (Wildman–Crippen LogP) is 3.63. The fourth-order valence-electron chi connectivity index (χ4n) is 1.47. The van der Waals surface area contributed by atoms with Crippen molar-refractivity contribution < 1.29 is 4.79 Å². The van der Waals surface area contributed by atoms with Crippen LogP contribution in [-0.4, -0.2) is 26.3 Å². The summed E-state index contributed by atoms with van der Waals surface area (Å²) >= 11 is 7.37. The fourth-order valence-corrected chi connectivity index (χ4v) is 2.75. The molecule has 20 heavy (non-hydrogen) atoms. The molecule has 0 saturated heterocycles. The monoisotopic (exact) mass is 309 g/mol. The van der Waals surface area contributed by atoms with E-state index >= 15 is 0 Å². The van der Waals surface area contributed by atoms with Gasteiger partial charge in [0.25, 0.3) is 0 Å². The molecule has 0 aliphatic heterocycles. The Hall–Kier alpha value is -1.33. The Labute approximate surface area is 127 Å². The van der Waals surface area contributed by atoms with Gasteiger partial charge in [0.05, 0.1) is 11.4 Å². The van der Waals surface area contributed by atoms with Crippen molar-refractivity contribution in [2.45, 2.75) is 25.9 Å². The van der Waals surface area contributed by atoms with Gasteiger partial charge in [-0.1, -0.05) is 50.2 Å². The number of benzene rings is 1. The molecule has 0 aliphatic rings. The van der Waals surface area contributed by atoms with Crippen LogP contribution in [0, 0.1) is 5.41 Å². The van der Waals surface area contributed by atoms with Gasteiger partial charge >= 0.3 is 0 Å². The lowest BCUT2D eigenvalue weighted by atomic mass is 9.92. The molecule has 1 aromatic heterocycles. The lowest BCUT2D eigenvalue weighted by Gasteiger charge is -2.15. The van der Waals surface area contributed by atoms with Crippen molar-refractivity contribution in [2.75, 3.05) is 5.75 Å². The van der Waals surface area contributed by atoms with E-state index in [0.717, 1.165) is 5.69 Å². The Balaban J connectivity index is 2.16. The molecule has 6 heteroatoms. The molecule has 0 amide bonds. The zero-order valence-corrected chi connectivity index (χ0v) is 13.2. The third kappa shape index (κ3) is 3.61. The molecule has 0 fully saturated rings. The van der Waals surface area contributed by atoms with E-state index in [4.69, 9.17) is 11.6 Å². The predicted molar refractivity (Wildman–Crippen MR) is 81.6 cm³/mol. The molecule has 0 saturated carbocycles. The van der Waals surface area contributed by atoms with Crippen LogP contribution in [-0.2, 0) is 4.79 Å². The SMILES string of the molecule is CC(C)(C)C(=O)CSc1nncn1-c1cccc(Cl)c1. The Morgan fingerprint density at radius 3 is 2.80 bits per heavy atom. The Bertz CT molecular complexity index is 619. The topological polar surface area (TPSA) is 47.8 Å². The van der Waals surface area contributed by atoms with Crippen LogP contribution in [0.3, 0.4) is 0 Å². The van der Waals surface area contributed by atoms with Gasteiger partial charge in [-0.2, -0.15) is 0 Å². The van der Waals surface area contributed by atoms with E-state index in [-0.39, 0.29) is 11.2 Å². The van der Waals surface area contributed by atoms with Gasteiger partial charge in [0, 0.05) is 10.4 Å². The Morgan fingerprint density at radius 1 is 1.40 bits per heavy atom. The molecule has 0 spiro atoms. The van der Waals surface area contributed by atoms with E-state index in [9.17, 15) is 4.79 Å². The molecule has 2 rings (SSSR count). The van der Waals surface area contributed by atoms with E-state index in [1.807, 2.05) is 49.6 Å². The van der Waals surface area contributed by atoms with Crippen LogP contribution in [0.5, 0.6) is 0 Å². The average Bonchev–Trinajstić information content (AvgIpc) is 2.83. The molecule has 0 atom stereocenters. The summed E-state index contributed by atoms with van der Waals surface area (Å²) in [5, 5.41) is 9.30. The minimum absolute atomic E-state index is 0.183. The van der Waals surface area contributed by atoms with Gasteiger partial charge in [-0.05, 0) is 18.2 Å². The van der Waals surface area contributed by atoms with Gasteiger partial charge in [0.2, 0.25) is 0 Å². The Kier molecular flexibility index (Phi) is 4.50. The highest BCUT2D eigenvalue weighted by molar-refractivity contribution is 7.99. The largest absolute Gasteiger partial charge is 0.298 e. The summed E-state index contributed by atoms with van der Waals surface area (Å²) in [6.45, 7) is 5.74. The van der Waals surface area contributed by atoms with Gasteiger partial charge in [0.15, 0.2) is 5.16 Å². The quantitative estimate of drug-likeness (QED) is 0.809. The Morgan fingerprint density at radius 2 is 2.15 bits per heavy atom. The van der Waals surface area contributed by atoms with Crippen LogP contribution in [0.4, 0.5) is 0 Å². The smallest absolute Gasteiger partial charge is 0.196 e. The van der Waals surface area contributed by atoms with Gasteiger partial charge < -0.3 is 0 Å². The van der Waals surface area contributed by atoms with Crippen molar-refractivity contribution in [1.82, 2.24) is 14.8 Å². The first-order valence-electron chi connectivity index (χ1n) is 6.20. The van der Waals surface area contributed by atoms with Crippen molar-refractivity contribution in [2.24, 2.45) is 5.41 Å². The first-order valence-corrected chi connectivity index (χ1v) is 7.56. The number of carbonyl (C=O) groups excluding carboxylic acids is 1. The number of hydrogen-bond acceptors (Lipinski definition) is 4. The molecule has 0 unspecified atom stereocenters. The second kappa shape index (κ2) is 5.97. The lowest BCUT2D eigenvalue weighted by Crippen LogP contribution is -2.22. The van der Waals surface area contributed by atoms with Gasteiger partial charge in [-0.15, -0.1) is 10.2 Å². The summed E-state index contributed by atoms with van der Waals surface area (Å²) in [6, 6.07) is 7.43. The number of halogens is 1. The summed E-state index contributed by atoms with van der Waals surface area (Å²) in [6.07, 6.45) is 1.62. The van der Waals surface area contributed by atoms with Crippen LogP contribution in [0.2, 0.25) is 5.02 Å². The minimum atomic E-state index is -0.339. The molecular weight excluding hydrogens is 294 g/mol. The lowest BCUT2D eigenvalue weighted by molar-refractivity contribution is -0.123. The number of thioether (sulfide) groups is 1. The zero-order valence-electron chi connectivity index (χ0n) is 11.6. The molecule has 2 aromatic rings. The first kappa shape index (κ1) is 15.1. The molecule has 0 N–H and O–H groups in total. The molecule has 106 valence electrons. The van der Waals surface area contributed by atoms with Crippen molar-refractivity contribution in [1.29, 1.82) is 0 Å². The van der Waals surface area contributed by atoms with Crippen LogP contribution in [0.15, 0.2) is 35.7 Å². The van der Waals surface area contributed by atoms with Crippen LogP contribution in [0.25, 0.3) is 5.69 Å². The normalized spacial score (nSPS) is 11.6. The first-order chi connectivity index (χ1) is 9.38. The standard InChI is InChI=1S/C14H16ClN3OS/c1-14(2,3)12(19)8-20-13-17-16-9-18(13)11-6-4-5-10(15)7-11/h4-7,9H,8H2,1-3H3. The maximum absolute atomic E-state index is 12.0. The van der Waals surface area contributed by atoms with Crippen molar-refractivity contribution >= 4 is 29.1 Å². The molecule has 1 heterocycles. The van der Waals surface area contributed by atoms with Crippen LogP contribution in [0.1, 0.15) is 20.8 Å². The molecule has 1 aromatic carbocycles. The fraction of sp³-hybridized carbons (Fsp3) is 0.357. The zero-order chi connectivity index (χ0) is 14.8. The number of Topliss-reactive ketones (excluding diaryl/α,β-unsaturated/α-hetero) is 1. The maximum Gasteiger partial charge on any atom is 0.196 e. The van der Waals surface area contributed by atoms with Crippen molar-refractivity contribution in [3.63, 3.8) is 0 Å². The molecule has 0 bridgehead atoms. The molecular formula is C14H16ClN3OS. The number of ketones is 1. The summed E-state index contributed by atoms with van der Waals surface area (Å²) < 4.78 is 1.83. The highest BCUT2D eigenvalue weighted by Gasteiger charge is 2.22. The summed E-state index contributed by atoms with van der Waals surface area (Å²) in [5.41, 5.74) is 0.543. The van der Waals surface area contributed by atoms with Gasteiger partial charge in [0.1, 0.15) is 12.1 Å². The summed E-state index contributed by atoms with van der Waals surface area (Å²) in [5.74, 6) is 0.561. The van der Waals surface area contributed by atoms with E-state index < -0.39 is 0 Å². The second-order valence-electron chi connectivity index (χ2n) is 5.43. The summed E-state index contributed by atoms with van der Waals surface area (Å²) in [7, 11) is 0. The van der Waals surface area contributed by atoms with E-state index in [2.05, 4.69) is 10.2 Å².